The Bertz CT molecular complexity index is 599. The number of piperazine rings is 1. The van der Waals surface area contributed by atoms with Crippen molar-refractivity contribution in [3.05, 3.63) is 0 Å². The van der Waals surface area contributed by atoms with Crippen molar-refractivity contribution in [2.45, 2.75) is 65.5 Å². The highest BCUT2D eigenvalue weighted by Gasteiger charge is 2.30. The Morgan fingerprint density at radius 1 is 0.733 bits per heavy atom. The molecule has 0 unspecified atom stereocenters. The predicted octanol–water partition coefficient (Wildman–Crippen LogP) is 1.69. The Hall–Kier alpha value is -2.16. The highest BCUT2D eigenvalue weighted by Crippen LogP contribution is 2.16. The van der Waals surface area contributed by atoms with Crippen LogP contribution in [0.4, 0.5) is 0 Å². The van der Waals surface area contributed by atoms with Crippen molar-refractivity contribution >= 4 is 11.8 Å². The molecule has 1 fully saturated rings. The molecule has 1 saturated heterocycles. The van der Waals surface area contributed by atoms with Gasteiger partial charge in [0, 0.05) is 50.3 Å². The second-order valence-corrected chi connectivity index (χ2v) is 9.80. The summed E-state index contributed by atoms with van der Waals surface area (Å²) in [5.41, 5.74) is -0.635. The molecule has 30 heavy (non-hydrogen) atoms. The van der Waals surface area contributed by atoms with Crippen LogP contribution in [0.15, 0.2) is 0 Å². The van der Waals surface area contributed by atoms with Crippen LogP contribution in [0.1, 0.15) is 54.4 Å². The number of carbonyl (C=O) groups is 2. The van der Waals surface area contributed by atoms with E-state index in [1.165, 1.54) is 0 Å². The van der Waals surface area contributed by atoms with Crippen molar-refractivity contribution < 1.29 is 9.59 Å². The smallest absolute Gasteiger partial charge is 0.237 e. The Balaban J connectivity index is 2.58. The molecule has 8 nitrogen and oxygen atoms in total. The SMILES string of the molecule is CC(C)(C)N(CCC#N)C(=O)CN1CCN(CC(=O)N(CCC#N)C(C)(C)C)CC1. The molecule has 0 atom stereocenters. The van der Waals surface area contributed by atoms with Gasteiger partial charge in [0.1, 0.15) is 0 Å². The van der Waals surface area contributed by atoms with Crippen LogP contribution in [0, 0.1) is 22.7 Å². The number of hydrogen-bond acceptors (Lipinski definition) is 6. The van der Waals surface area contributed by atoms with E-state index >= 15 is 0 Å². The molecule has 1 heterocycles. The number of nitriles is 2. The minimum absolute atomic E-state index is 0.0395. The Morgan fingerprint density at radius 3 is 1.27 bits per heavy atom. The van der Waals surface area contributed by atoms with Crippen molar-refractivity contribution in [2.75, 3.05) is 52.4 Å². The monoisotopic (exact) mass is 418 g/mol. The zero-order valence-electron chi connectivity index (χ0n) is 19.6. The quantitative estimate of drug-likeness (QED) is 0.595. The fourth-order valence-corrected chi connectivity index (χ4v) is 3.65. The molecule has 0 aromatic heterocycles. The number of hydrogen-bond donors (Lipinski definition) is 0. The standard InChI is InChI=1S/C22H38N6O2/c1-21(2,3)27(11-7-9-23)19(29)17-25-13-15-26(16-14-25)18-20(30)28(12-8-10-24)22(4,5)6/h7-8,11-18H2,1-6H3. The van der Waals surface area contributed by atoms with E-state index in [1.807, 2.05) is 41.5 Å². The van der Waals surface area contributed by atoms with Gasteiger partial charge in [-0.1, -0.05) is 0 Å². The minimum Gasteiger partial charge on any atom is -0.336 e. The van der Waals surface area contributed by atoms with Gasteiger partial charge in [0.15, 0.2) is 0 Å². The fourth-order valence-electron chi connectivity index (χ4n) is 3.65. The third-order valence-electron chi connectivity index (χ3n) is 5.30. The van der Waals surface area contributed by atoms with Gasteiger partial charge < -0.3 is 9.80 Å². The highest BCUT2D eigenvalue weighted by atomic mass is 16.2. The van der Waals surface area contributed by atoms with Crippen molar-refractivity contribution in [1.29, 1.82) is 10.5 Å². The normalized spacial score (nSPS) is 15.9. The molecule has 0 N–H and O–H groups in total. The van der Waals surface area contributed by atoms with Gasteiger partial charge in [-0.2, -0.15) is 10.5 Å². The van der Waals surface area contributed by atoms with E-state index < -0.39 is 0 Å². The number of carbonyl (C=O) groups excluding carboxylic acids is 2. The molecule has 1 rings (SSSR count). The molecule has 0 aromatic rings. The van der Waals surface area contributed by atoms with Crippen molar-refractivity contribution in [1.82, 2.24) is 19.6 Å². The zero-order valence-corrected chi connectivity index (χ0v) is 19.6. The van der Waals surface area contributed by atoms with Crippen LogP contribution in [0.5, 0.6) is 0 Å². The van der Waals surface area contributed by atoms with Crippen LogP contribution in [0.2, 0.25) is 0 Å². The topological polar surface area (TPSA) is 94.7 Å². The molecule has 0 aromatic carbocycles. The lowest BCUT2D eigenvalue weighted by Crippen LogP contribution is -2.55. The molecule has 168 valence electrons. The molecule has 0 bridgehead atoms. The summed E-state index contributed by atoms with van der Waals surface area (Å²) in [4.78, 5) is 33.4. The lowest BCUT2D eigenvalue weighted by Gasteiger charge is -2.40. The van der Waals surface area contributed by atoms with Crippen LogP contribution in [-0.2, 0) is 9.59 Å². The first-order chi connectivity index (χ1) is 13.9. The lowest BCUT2D eigenvalue weighted by molar-refractivity contribution is -0.140. The number of nitrogens with zero attached hydrogens (tertiary/aromatic N) is 6. The molecule has 0 aliphatic carbocycles. The summed E-state index contributed by atoms with van der Waals surface area (Å²) in [5.74, 6) is 0.0791. The van der Waals surface area contributed by atoms with Gasteiger partial charge >= 0.3 is 0 Å². The molecule has 2 amide bonds. The van der Waals surface area contributed by atoms with E-state index in [1.54, 1.807) is 9.80 Å². The molecule has 0 saturated carbocycles. The second kappa shape index (κ2) is 11.3. The van der Waals surface area contributed by atoms with Crippen LogP contribution in [0.25, 0.3) is 0 Å². The van der Waals surface area contributed by atoms with Gasteiger partial charge in [0.2, 0.25) is 11.8 Å². The van der Waals surface area contributed by atoms with Crippen LogP contribution in [0.3, 0.4) is 0 Å². The van der Waals surface area contributed by atoms with E-state index in [0.717, 1.165) is 26.2 Å². The summed E-state index contributed by atoms with van der Waals surface area (Å²) in [7, 11) is 0. The van der Waals surface area contributed by atoms with Crippen molar-refractivity contribution in [3.63, 3.8) is 0 Å². The van der Waals surface area contributed by atoms with Crippen LogP contribution >= 0.6 is 0 Å². The van der Waals surface area contributed by atoms with Gasteiger partial charge in [0.25, 0.3) is 0 Å². The first-order valence-electron chi connectivity index (χ1n) is 10.7. The molecular formula is C22H38N6O2. The summed E-state index contributed by atoms with van der Waals surface area (Å²) in [6, 6.07) is 4.23. The summed E-state index contributed by atoms with van der Waals surface area (Å²) in [5, 5.41) is 17.7. The maximum absolute atomic E-state index is 12.8. The van der Waals surface area contributed by atoms with Gasteiger partial charge in [-0.3, -0.25) is 19.4 Å². The summed E-state index contributed by atoms with van der Waals surface area (Å²) >= 11 is 0. The number of amides is 2. The highest BCUT2D eigenvalue weighted by molar-refractivity contribution is 5.79. The average Bonchev–Trinajstić information content (AvgIpc) is 2.61. The fraction of sp³-hybridized carbons (Fsp3) is 0.818. The van der Waals surface area contributed by atoms with Gasteiger partial charge in [0.05, 0.1) is 38.1 Å². The molecule has 8 heteroatoms. The lowest BCUT2D eigenvalue weighted by atomic mass is 10.1. The van der Waals surface area contributed by atoms with E-state index in [-0.39, 0.29) is 22.9 Å². The zero-order chi connectivity index (χ0) is 22.9. The van der Waals surface area contributed by atoms with Gasteiger partial charge in [-0.05, 0) is 41.5 Å². The molecular weight excluding hydrogens is 380 g/mol. The minimum atomic E-state index is -0.317. The van der Waals surface area contributed by atoms with E-state index in [0.29, 0.717) is 39.0 Å². The Morgan fingerprint density at radius 2 is 1.03 bits per heavy atom. The molecule has 0 spiro atoms. The predicted molar refractivity (Wildman–Crippen MR) is 116 cm³/mol. The third kappa shape index (κ3) is 8.30. The first-order valence-corrected chi connectivity index (χ1v) is 10.7. The average molecular weight is 419 g/mol. The van der Waals surface area contributed by atoms with Crippen LogP contribution < -0.4 is 0 Å². The molecule has 0 radical (unpaired) electrons. The molecule has 1 aliphatic rings. The Labute approximate surface area is 182 Å². The summed E-state index contributed by atoms with van der Waals surface area (Å²) < 4.78 is 0. The number of rotatable bonds is 8. The van der Waals surface area contributed by atoms with Crippen molar-refractivity contribution in [3.8, 4) is 12.1 Å². The van der Waals surface area contributed by atoms with Gasteiger partial charge in [-0.15, -0.1) is 0 Å². The van der Waals surface area contributed by atoms with E-state index in [2.05, 4.69) is 21.9 Å². The van der Waals surface area contributed by atoms with Crippen molar-refractivity contribution in [2.24, 2.45) is 0 Å². The summed E-state index contributed by atoms with van der Waals surface area (Å²) in [6.45, 7) is 16.4. The van der Waals surface area contributed by atoms with Crippen LogP contribution in [-0.4, -0.2) is 94.8 Å². The van der Waals surface area contributed by atoms with E-state index in [4.69, 9.17) is 10.5 Å². The second-order valence-electron chi connectivity index (χ2n) is 9.80. The molecule has 1 aliphatic heterocycles. The third-order valence-corrected chi connectivity index (χ3v) is 5.30. The first kappa shape index (κ1) is 25.9. The summed E-state index contributed by atoms with van der Waals surface area (Å²) in [6.07, 6.45) is 0.657. The Kier molecular flexibility index (Phi) is 9.74. The maximum atomic E-state index is 12.8. The maximum Gasteiger partial charge on any atom is 0.237 e. The van der Waals surface area contributed by atoms with Gasteiger partial charge in [-0.25, -0.2) is 0 Å². The largest absolute Gasteiger partial charge is 0.336 e. The van der Waals surface area contributed by atoms with E-state index in [9.17, 15) is 9.59 Å².